The number of benzene rings is 1. The summed E-state index contributed by atoms with van der Waals surface area (Å²) in [5.74, 6) is 0.534. The number of hydrogen-bond acceptors (Lipinski definition) is 1. The molecule has 0 spiro atoms. The Morgan fingerprint density at radius 1 is 1.10 bits per heavy atom. The molecule has 0 amide bonds. The van der Waals surface area contributed by atoms with Gasteiger partial charge >= 0.3 is 0 Å². The summed E-state index contributed by atoms with van der Waals surface area (Å²) in [4.78, 5) is 0. The van der Waals surface area contributed by atoms with Crippen LogP contribution < -0.4 is 16.2 Å². The van der Waals surface area contributed by atoms with Crippen LogP contribution in [0.25, 0.3) is 0 Å². The largest absolute Gasteiger partial charge is 0.356 e. The average Bonchev–Trinajstić information content (AvgIpc) is 2.31. The van der Waals surface area contributed by atoms with Crippen molar-refractivity contribution in [3.05, 3.63) is 40.6 Å². The average molecular weight is 267 g/mol. The second-order valence-electron chi connectivity index (χ2n) is 6.32. The van der Waals surface area contributed by atoms with E-state index in [-0.39, 0.29) is 0 Å². The van der Waals surface area contributed by atoms with Gasteiger partial charge in [0, 0.05) is 11.4 Å². The second kappa shape index (κ2) is 6.39. The Labute approximate surface area is 126 Å². The molecule has 1 rings (SSSR count). The lowest BCUT2D eigenvalue weighted by Crippen LogP contribution is -2.29. The van der Waals surface area contributed by atoms with Gasteiger partial charge in [0.15, 0.2) is 0 Å². The summed E-state index contributed by atoms with van der Waals surface area (Å²) < 4.78 is 0. The van der Waals surface area contributed by atoms with Crippen molar-refractivity contribution in [3.63, 3.8) is 0 Å². The zero-order chi connectivity index (χ0) is 15.6. The Morgan fingerprint density at radius 2 is 1.65 bits per heavy atom. The maximum absolute atomic E-state index is 4.11. The van der Waals surface area contributed by atoms with E-state index in [4.69, 9.17) is 0 Å². The maximum atomic E-state index is 4.11. The summed E-state index contributed by atoms with van der Waals surface area (Å²) >= 11 is 0. The second-order valence-corrected chi connectivity index (χ2v) is 6.32. The molecule has 0 unspecified atom stereocenters. The highest BCUT2D eigenvalue weighted by Crippen LogP contribution is 2.24. The fourth-order valence-electron chi connectivity index (χ4n) is 2.97. The highest BCUT2D eigenvalue weighted by atomic mass is 14.9. The lowest BCUT2D eigenvalue weighted by Gasteiger charge is -2.24. The molecule has 0 radical (unpaired) electrons. The van der Waals surface area contributed by atoms with E-state index < -0.39 is 0 Å². The van der Waals surface area contributed by atoms with Crippen LogP contribution in [0.15, 0.2) is 23.9 Å². The zero-order valence-corrected chi connectivity index (χ0v) is 14.4. The van der Waals surface area contributed by atoms with Crippen LogP contribution in [0.3, 0.4) is 0 Å². The molecule has 0 aliphatic heterocycles. The van der Waals surface area contributed by atoms with Crippen molar-refractivity contribution in [2.75, 3.05) is 5.32 Å². The highest BCUT2D eigenvalue weighted by Gasteiger charge is 2.16. The van der Waals surface area contributed by atoms with Crippen LogP contribution in [0.4, 0.5) is 5.69 Å². The molecule has 0 heterocycles. The molecule has 1 aromatic carbocycles. The van der Waals surface area contributed by atoms with Gasteiger partial charge in [0.05, 0.1) is 0 Å². The first-order valence-corrected chi connectivity index (χ1v) is 7.37. The van der Waals surface area contributed by atoms with Crippen molar-refractivity contribution in [2.24, 2.45) is 0 Å². The lowest BCUT2D eigenvalue weighted by atomic mass is 9.73. The summed E-state index contributed by atoms with van der Waals surface area (Å²) in [5.41, 5.74) is 10.4. The van der Waals surface area contributed by atoms with Crippen molar-refractivity contribution < 1.29 is 0 Å². The third-order valence-corrected chi connectivity index (χ3v) is 4.01. The predicted octanol–water partition coefficient (Wildman–Crippen LogP) is 1.84. The molecular formula is C17H27B2N. The molecular weight excluding hydrogens is 240 g/mol. The quantitative estimate of drug-likeness (QED) is 0.648. The Balaban J connectivity index is 3.40. The summed E-state index contributed by atoms with van der Waals surface area (Å²) in [5, 5.41) is 3.50. The molecule has 20 heavy (non-hydrogen) atoms. The van der Waals surface area contributed by atoms with E-state index in [0.29, 0.717) is 5.92 Å². The van der Waals surface area contributed by atoms with Crippen LogP contribution in [0.1, 0.15) is 50.3 Å². The Hall–Kier alpha value is -1.37. The number of allylic oxidation sites excluding steroid dienone is 2. The standard InChI is InChI=1S/C17H27B2N/c1-9(2)8-11(5)20-17-12(6)14(10(3)4)15(18)13(7)16(17)19/h8,10,20H,5,18-19H2,1-4,6-7H3. The molecule has 0 atom stereocenters. The van der Waals surface area contributed by atoms with E-state index in [9.17, 15) is 0 Å². The Kier molecular flexibility index (Phi) is 5.33. The van der Waals surface area contributed by atoms with Crippen molar-refractivity contribution in [3.8, 4) is 0 Å². The summed E-state index contributed by atoms with van der Waals surface area (Å²) in [6.45, 7) is 17.2. The third kappa shape index (κ3) is 3.39. The lowest BCUT2D eigenvalue weighted by molar-refractivity contribution is 0.863. The molecule has 1 nitrogen and oxygen atoms in total. The topological polar surface area (TPSA) is 12.0 Å². The number of rotatable bonds is 4. The van der Waals surface area contributed by atoms with E-state index in [2.05, 4.69) is 75.2 Å². The third-order valence-electron chi connectivity index (χ3n) is 4.01. The molecule has 0 aliphatic rings. The van der Waals surface area contributed by atoms with Gasteiger partial charge in [0.25, 0.3) is 0 Å². The summed E-state index contributed by atoms with van der Waals surface area (Å²) in [6, 6.07) is 0. The van der Waals surface area contributed by atoms with Gasteiger partial charge in [-0.15, -0.1) is 0 Å². The number of hydrogen-bond donors (Lipinski definition) is 1. The van der Waals surface area contributed by atoms with Crippen molar-refractivity contribution in [1.82, 2.24) is 0 Å². The van der Waals surface area contributed by atoms with E-state index in [1.54, 1.807) is 0 Å². The van der Waals surface area contributed by atoms with Gasteiger partial charge in [-0.25, -0.2) is 0 Å². The van der Waals surface area contributed by atoms with Gasteiger partial charge in [-0.3, -0.25) is 0 Å². The minimum Gasteiger partial charge on any atom is -0.356 e. The van der Waals surface area contributed by atoms with E-state index in [1.807, 2.05) is 0 Å². The van der Waals surface area contributed by atoms with Crippen LogP contribution in [0.5, 0.6) is 0 Å². The smallest absolute Gasteiger partial charge is 0.142 e. The van der Waals surface area contributed by atoms with E-state index in [1.165, 1.54) is 38.9 Å². The SMILES string of the molecule is Bc1c(C)c(B)c(C(C)C)c(C)c1NC(=C)C=C(C)C. The zero-order valence-electron chi connectivity index (χ0n) is 14.4. The van der Waals surface area contributed by atoms with Gasteiger partial charge in [-0.1, -0.05) is 42.5 Å². The van der Waals surface area contributed by atoms with Crippen LogP contribution in [0.2, 0.25) is 0 Å². The van der Waals surface area contributed by atoms with Gasteiger partial charge in [0.2, 0.25) is 0 Å². The Morgan fingerprint density at radius 3 is 2.10 bits per heavy atom. The normalized spacial score (nSPS) is 10.6. The van der Waals surface area contributed by atoms with E-state index in [0.717, 1.165) is 5.70 Å². The molecule has 3 heteroatoms. The fraction of sp³-hybridized carbons (Fsp3) is 0.412. The molecule has 0 aromatic heterocycles. The maximum Gasteiger partial charge on any atom is 0.142 e. The molecule has 1 N–H and O–H groups in total. The molecule has 106 valence electrons. The fourth-order valence-corrected chi connectivity index (χ4v) is 2.97. The van der Waals surface area contributed by atoms with Gasteiger partial charge in [-0.05, 0) is 50.8 Å². The van der Waals surface area contributed by atoms with Crippen LogP contribution in [-0.4, -0.2) is 15.7 Å². The van der Waals surface area contributed by atoms with E-state index >= 15 is 0 Å². The molecule has 1 aromatic rings. The molecule has 0 fully saturated rings. The number of nitrogens with one attached hydrogen (secondary N) is 1. The number of anilines is 1. The van der Waals surface area contributed by atoms with Crippen LogP contribution >= 0.6 is 0 Å². The highest BCUT2D eigenvalue weighted by molar-refractivity contribution is 6.43. The first-order chi connectivity index (χ1) is 9.16. The Bertz CT molecular complexity index is 565. The monoisotopic (exact) mass is 267 g/mol. The molecule has 0 saturated heterocycles. The predicted molar refractivity (Wildman–Crippen MR) is 98.6 cm³/mol. The van der Waals surface area contributed by atoms with Crippen molar-refractivity contribution in [1.29, 1.82) is 0 Å². The molecule has 0 aliphatic carbocycles. The molecule has 0 saturated carbocycles. The van der Waals surface area contributed by atoms with Crippen molar-refractivity contribution >= 4 is 32.3 Å². The summed E-state index contributed by atoms with van der Waals surface area (Å²) in [7, 11) is 4.43. The van der Waals surface area contributed by atoms with Gasteiger partial charge in [0.1, 0.15) is 15.7 Å². The van der Waals surface area contributed by atoms with Crippen molar-refractivity contribution in [2.45, 2.75) is 47.5 Å². The molecule has 0 bridgehead atoms. The van der Waals surface area contributed by atoms with Gasteiger partial charge < -0.3 is 5.32 Å². The first kappa shape index (κ1) is 16.7. The van der Waals surface area contributed by atoms with Crippen LogP contribution in [0, 0.1) is 13.8 Å². The van der Waals surface area contributed by atoms with Gasteiger partial charge in [-0.2, -0.15) is 0 Å². The van der Waals surface area contributed by atoms with Crippen LogP contribution in [-0.2, 0) is 0 Å². The summed E-state index contributed by atoms with van der Waals surface area (Å²) in [6.07, 6.45) is 2.09. The minimum absolute atomic E-state index is 0.534. The minimum atomic E-state index is 0.534. The first-order valence-electron chi connectivity index (χ1n) is 7.37.